The number of hydrogen-bond acceptors (Lipinski definition) is 3. The van der Waals surface area contributed by atoms with E-state index in [1.54, 1.807) is 0 Å². The van der Waals surface area contributed by atoms with Crippen LogP contribution in [0, 0.1) is 23.2 Å². The standard InChI is InChI=1S/C17H27NO4/c1-3-17(2)10-13(17)15(19)18-7-4-11(5-8-18)14-12(16(20)21)6-9-22-14/h11-14H,3-10H2,1-2H3,(H,20,21)/t12-,13-,14-,17+/m0/s1. The van der Waals surface area contributed by atoms with Gasteiger partial charge in [0.1, 0.15) is 0 Å². The van der Waals surface area contributed by atoms with Gasteiger partial charge in [-0.25, -0.2) is 0 Å². The molecule has 5 heteroatoms. The second-order valence-electron chi connectivity index (χ2n) is 7.50. The predicted molar refractivity (Wildman–Crippen MR) is 81.3 cm³/mol. The van der Waals surface area contributed by atoms with Gasteiger partial charge in [0.15, 0.2) is 0 Å². The fourth-order valence-electron chi connectivity index (χ4n) is 4.19. The molecule has 0 radical (unpaired) electrons. The van der Waals surface area contributed by atoms with E-state index in [9.17, 15) is 14.7 Å². The third-order valence-electron chi connectivity index (χ3n) is 6.23. The second kappa shape index (κ2) is 5.84. The van der Waals surface area contributed by atoms with Crippen LogP contribution in [0.25, 0.3) is 0 Å². The summed E-state index contributed by atoms with van der Waals surface area (Å²) in [7, 11) is 0. The third-order valence-corrected chi connectivity index (χ3v) is 6.23. The van der Waals surface area contributed by atoms with Crippen LogP contribution in [0.15, 0.2) is 0 Å². The summed E-state index contributed by atoms with van der Waals surface area (Å²) in [6.45, 7) is 6.42. The fourth-order valence-corrected chi connectivity index (χ4v) is 4.19. The molecule has 0 aromatic rings. The van der Waals surface area contributed by atoms with Crippen molar-refractivity contribution in [3.8, 4) is 0 Å². The van der Waals surface area contributed by atoms with Gasteiger partial charge in [0.25, 0.3) is 0 Å². The van der Waals surface area contributed by atoms with Crippen molar-refractivity contribution in [3.63, 3.8) is 0 Å². The maximum Gasteiger partial charge on any atom is 0.309 e. The molecule has 4 atom stereocenters. The lowest BCUT2D eigenvalue weighted by Crippen LogP contribution is -2.44. The molecule has 5 nitrogen and oxygen atoms in total. The van der Waals surface area contributed by atoms with Crippen molar-refractivity contribution in [3.05, 3.63) is 0 Å². The Hall–Kier alpha value is -1.10. The number of carbonyl (C=O) groups is 2. The first-order chi connectivity index (χ1) is 10.5. The van der Waals surface area contributed by atoms with Crippen molar-refractivity contribution < 1.29 is 19.4 Å². The molecule has 0 aromatic carbocycles. The van der Waals surface area contributed by atoms with E-state index >= 15 is 0 Å². The first-order valence-electron chi connectivity index (χ1n) is 8.59. The van der Waals surface area contributed by atoms with Gasteiger partial charge in [-0.15, -0.1) is 0 Å². The van der Waals surface area contributed by atoms with Crippen LogP contribution < -0.4 is 0 Å². The maximum absolute atomic E-state index is 12.5. The Labute approximate surface area is 132 Å². The minimum atomic E-state index is -0.738. The molecule has 0 bridgehead atoms. The Bertz CT molecular complexity index is 458. The number of likely N-dealkylation sites (tertiary alicyclic amines) is 1. The van der Waals surface area contributed by atoms with Gasteiger partial charge in [-0.05, 0) is 43.4 Å². The monoisotopic (exact) mass is 309 g/mol. The Morgan fingerprint density at radius 1 is 1.27 bits per heavy atom. The molecule has 1 amide bonds. The molecule has 1 aliphatic carbocycles. The highest BCUT2D eigenvalue weighted by molar-refractivity contribution is 5.82. The molecule has 1 N–H and O–H groups in total. The second-order valence-corrected chi connectivity index (χ2v) is 7.50. The number of carboxylic acid groups (broad SMARTS) is 1. The summed E-state index contributed by atoms with van der Waals surface area (Å²) in [6, 6.07) is 0. The van der Waals surface area contributed by atoms with Gasteiger partial charge in [0.2, 0.25) is 5.91 Å². The van der Waals surface area contributed by atoms with Crippen LogP contribution in [0.2, 0.25) is 0 Å². The Morgan fingerprint density at radius 2 is 1.95 bits per heavy atom. The highest BCUT2D eigenvalue weighted by atomic mass is 16.5. The highest BCUT2D eigenvalue weighted by Gasteiger charge is 2.54. The molecule has 22 heavy (non-hydrogen) atoms. The zero-order chi connectivity index (χ0) is 15.9. The lowest BCUT2D eigenvalue weighted by molar-refractivity contribution is -0.146. The number of piperidine rings is 1. The highest BCUT2D eigenvalue weighted by Crippen LogP contribution is 2.55. The molecule has 124 valence electrons. The molecule has 3 rings (SSSR count). The van der Waals surface area contributed by atoms with E-state index in [1.807, 2.05) is 4.90 Å². The third kappa shape index (κ3) is 2.75. The van der Waals surface area contributed by atoms with Gasteiger partial charge in [0, 0.05) is 25.6 Å². The molecule has 0 unspecified atom stereocenters. The molecule has 1 saturated carbocycles. The smallest absolute Gasteiger partial charge is 0.309 e. The first-order valence-corrected chi connectivity index (χ1v) is 8.59. The van der Waals surface area contributed by atoms with Gasteiger partial charge in [0.05, 0.1) is 12.0 Å². The maximum atomic E-state index is 12.5. The van der Waals surface area contributed by atoms with Gasteiger partial charge in [-0.1, -0.05) is 13.8 Å². The molecule has 2 heterocycles. The lowest BCUT2D eigenvalue weighted by atomic mass is 9.84. The minimum absolute atomic E-state index is 0.156. The molecule has 3 aliphatic rings. The first kappa shape index (κ1) is 15.8. The summed E-state index contributed by atoms with van der Waals surface area (Å²) < 4.78 is 5.69. The molecular formula is C17H27NO4. The van der Waals surface area contributed by atoms with Crippen molar-refractivity contribution >= 4 is 11.9 Å². The Morgan fingerprint density at radius 3 is 2.50 bits per heavy atom. The van der Waals surface area contributed by atoms with Crippen LogP contribution in [-0.2, 0) is 14.3 Å². The fraction of sp³-hybridized carbons (Fsp3) is 0.882. The lowest BCUT2D eigenvalue weighted by Gasteiger charge is -2.36. The minimum Gasteiger partial charge on any atom is -0.481 e. The van der Waals surface area contributed by atoms with Crippen LogP contribution in [0.3, 0.4) is 0 Å². The number of aliphatic carboxylic acids is 1. The number of nitrogens with zero attached hydrogens (tertiary/aromatic N) is 1. The van der Waals surface area contributed by atoms with Gasteiger partial charge < -0.3 is 14.7 Å². The SMILES string of the molecule is CC[C@]1(C)C[C@H]1C(=O)N1CCC([C@@H]2OCC[C@@H]2C(=O)O)CC1. The van der Waals surface area contributed by atoms with E-state index in [0.29, 0.717) is 18.9 Å². The van der Waals surface area contributed by atoms with E-state index < -0.39 is 5.97 Å². The zero-order valence-electron chi connectivity index (χ0n) is 13.6. The number of carboxylic acids is 1. The van der Waals surface area contributed by atoms with E-state index in [0.717, 1.165) is 38.8 Å². The summed E-state index contributed by atoms with van der Waals surface area (Å²) in [4.78, 5) is 25.8. The van der Waals surface area contributed by atoms with Crippen molar-refractivity contribution in [1.82, 2.24) is 4.90 Å². The quantitative estimate of drug-likeness (QED) is 0.864. The molecular weight excluding hydrogens is 282 g/mol. The molecule has 2 saturated heterocycles. The summed E-state index contributed by atoms with van der Waals surface area (Å²) in [6.07, 6.45) is 4.30. The number of amides is 1. The number of carbonyl (C=O) groups excluding carboxylic acids is 1. The zero-order valence-corrected chi connectivity index (χ0v) is 13.6. The van der Waals surface area contributed by atoms with E-state index in [1.165, 1.54) is 0 Å². The molecule has 0 spiro atoms. The summed E-state index contributed by atoms with van der Waals surface area (Å²) in [5.74, 6) is -0.297. The van der Waals surface area contributed by atoms with E-state index in [4.69, 9.17) is 4.74 Å². The molecule has 0 aromatic heterocycles. The summed E-state index contributed by atoms with van der Waals surface area (Å²) in [5.41, 5.74) is 0.219. The van der Waals surface area contributed by atoms with Crippen molar-refractivity contribution in [2.24, 2.45) is 23.2 Å². The number of hydrogen-bond donors (Lipinski definition) is 1. The Kier molecular flexibility index (Phi) is 4.19. The average molecular weight is 309 g/mol. The van der Waals surface area contributed by atoms with Crippen LogP contribution in [0.5, 0.6) is 0 Å². The van der Waals surface area contributed by atoms with Gasteiger partial charge in [-0.2, -0.15) is 0 Å². The van der Waals surface area contributed by atoms with Crippen molar-refractivity contribution in [2.75, 3.05) is 19.7 Å². The summed E-state index contributed by atoms with van der Waals surface area (Å²) in [5, 5.41) is 9.28. The van der Waals surface area contributed by atoms with Gasteiger partial charge in [-0.3, -0.25) is 9.59 Å². The number of ether oxygens (including phenoxy) is 1. The average Bonchev–Trinajstić information content (AvgIpc) is 2.98. The van der Waals surface area contributed by atoms with Crippen molar-refractivity contribution in [1.29, 1.82) is 0 Å². The van der Waals surface area contributed by atoms with Crippen LogP contribution in [0.1, 0.15) is 46.0 Å². The largest absolute Gasteiger partial charge is 0.481 e. The van der Waals surface area contributed by atoms with Crippen LogP contribution >= 0.6 is 0 Å². The van der Waals surface area contributed by atoms with Crippen LogP contribution in [0.4, 0.5) is 0 Å². The number of rotatable bonds is 4. The molecule has 2 aliphatic heterocycles. The van der Waals surface area contributed by atoms with E-state index in [-0.39, 0.29) is 29.3 Å². The van der Waals surface area contributed by atoms with Gasteiger partial charge >= 0.3 is 5.97 Å². The van der Waals surface area contributed by atoms with Crippen LogP contribution in [-0.4, -0.2) is 47.7 Å². The van der Waals surface area contributed by atoms with Crippen molar-refractivity contribution in [2.45, 2.75) is 52.1 Å². The summed E-state index contributed by atoms with van der Waals surface area (Å²) >= 11 is 0. The Balaban J connectivity index is 1.53. The topological polar surface area (TPSA) is 66.8 Å². The molecule has 3 fully saturated rings. The predicted octanol–water partition coefficient (Wildman–Crippen LogP) is 2.15. The van der Waals surface area contributed by atoms with E-state index in [2.05, 4.69) is 13.8 Å². The normalized spacial score (nSPS) is 39.0.